The minimum atomic E-state index is -0.106. The first kappa shape index (κ1) is 14.1. The Morgan fingerprint density at radius 2 is 2.10 bits per heavy atom. The van der Waals surface area contributed by atoms with Gasteiger partial charge in [-0.05, 0) is 43.4 Å². The number of benzene rings is 1. The molecule has 21 heavy (non-hydrogen) atoms. The fraction of sp³-hybridized carbons (Fsp3) is 0.471. The van der Waals surface area contributed by atoms with E-state index in [0.29, 0.717) is 12.5 Å². The summed E-state index contributed by atoms with van der Waals surface area (Å²) >= 11 is 0. The van der Waals surface area contributed by atoms with Crippen LogP contribution in [0.15, 0.2) is 36.9 Å². The van der Waals surface area contributed by atoms with E-state index in [4.69, 9.17) is 4.74 Å². The molecule has 3 rings (SSSR count). The second-order valence-electron chi connectivity index (χ2n) is 5.89. The van der Waals surface area contributed by atoms with E-state index in [0.717, 1.165) is 17.9 Å². The van der Waals surface area contributed by atoms with Crippen molar-refractivity contribution < 1.29 is 9.53 Å². The summed E-state index contributed by atoms with van der Waals surface area (Å²) < 4.78 is 5.50. The van der Waals surface area contributed by atoms with Gasteiger partial charge in [-0.3, -0.25) is 10.1 Å². The van der Waals surface area contributed by atoms with E-state index in [2.05, 4.69) is 11.9 Å². The van der Waals surface area contributed by atoms with Gasteiger partial charge in [0.25, 0.3) is 0 Å². The molecule has 1 heterocycles. The van der Waals surface area contributed by atoms with Gasteiger partial charge in [-0.2, -0.15) is 0 Å². The molecule has 4 nitrogen and oxygen atoms in total. The molecule has 1 aliphatic carbocycles. The Kier molecular flexibility index (Phi) is 3.97. The van der Waals surface area contributed by atoms with E-state index < -0.39 is 0 Å². The van der Waals surface area contributed by atoms with E-state index in [9.17, 15) is 4.79 Å². The monoisotopic (exact) mass is 286 g/mol. The van der Waals surface area contributed by atoms with Crippen LogP contribution >= 0.6 is 0 Å². The molecule has 1 aromatic carbocycles. The van der Waals surface area contributed by atoms with E-state index in [1.807, 2.05) is 36.1 Å². The van der Waals surface area contributed by atoms with Crippen LogP contribution in [0.25, 0.3) is 0 Å². The molecule has 1 aliphatic heterocycles. The summed E-state index contributed by atoms with van der Waals surface area (Å²) in [7, 11) is 0. The molecule has 1 aromatic rings. The maximum atomic E-state index is 12.3. The van der Waals surface area contributed by atoms with Gasteiger partial charge in [0.1, 0.15) is 18.5 Å². The highest BCUT2D eigenvalue weighted by atomic mass is 16.5. The lowest BCUT2D eigenvalue weighted by Crippen LogP contribution is -2.32. The highest BCUT2D eigenvalue weighted by molar-refractivity contribution is 5.84. The third-order valence-electron chi connectivity index (χ3n) is 4.09. The number of nitrogens with zero attached hydrogens (tertiary/aromatic N) is 1. The third kappa shape index (κ3) is 3.10. The zero-order chi connectivity index (χ0) is 14.8. The standard InChI is InChI=1S/C17H22N2O2/c1-3-10-21-15-8-6-14(7-9-15)16-18-12(2)17(20)19(16)11-13-4-5-13/h3,6-9,12-13,16,18H,1,4-5,10-11H2,2H3. The second kappa shape index (κ2) is 5.90. The Labute approximate surface area is 125 Å². The van der Waals surface area contributed by atoms with Crippen molar-refractivity contribution in [1.82, 2.24) is 10.2 Å². The third-order valence-corrected chi connectivity index (χ3v) is 4.09. The number of rotatable bonds is 6. The first-order valence-corrected chi connectivity index (χ1v) is 7.59. The van der Waals surface area contributed by atoms with Crippen molar-refractivity contribution in [3.05, 3.63) is 42.5 Å². The quantitative estimate of drug-likeness (QED) is 0.817. The maximum absolute atomic E-state index is 12.3. The van der Waals surface area contributed by atoms with Crippen LogP contribution in [0.3, 0.4) is 0 Å². The number of amides is 1. The van der Waals surface area contributed by atoms with Crippen LogP contribution in [0, 0.1) is 5.92 Å². The van der Waals surface area contributed by atoms with Gasteiger partial charge in [0, 0.05) is 6.54 Å². The normalized spacial score (nSPS) is 25.2. The molecule has 0 aromatic heterocycles. The highest BCUT2D eigenvalue weighted by Gasteiger charge is 2.39. The number of nitrogens with one attached hydrogen (secondary N) is 1. The Morgan fingerprint density at radius 3 is 2.71 bits per heavy atom. The summed E-state index contributed by atoms with van der Waals surface area (Å²) in [5.74, 6) is 1.72. The van der Waals surface area contributed by atoms with Gasteiger partial charge in [0.15, 0.2) is 0 Å². The molecule has 0 bridgehead atoms. The molecule has 0 spiro atoms. The van der Waals surface area contributed by atoms with Gasteiger partial charge < -0.3 is 9.64 Å². The zero-order valence-corrected chi connectivity index (χ0v) is 12.4. The molecule has 1 amide bonds. The van der Waals surface area contributed by atoms with Crippen LogP contribution in [0.2, 0.25) is 0 Å². The second-order valence-corrected chi connectivity index (χ2v) is 5.89. The lowest BCUT2D eigenvalue weighted by atomic mass is 10.1. The molecule has 2 unspecified atom stereocenters. The molecular weight excluding hydrogens is 264 g/mol. The van der Waals surface area contributed by atoms with Gasteiger partial charge in [0.2, 0.25) is 5.91 Å². The lowest BCUT2D eigenvalue weighted by molar-refractivity contribution is -0.130. The van der Waals surface area contributed by atoms with Crippen molar-refractivity contribution in [3.63, 3.8) is 0 Å². The van der Waals surface area contributed by atoms with Crippen LogP contribution in [0.1, 0.15) is 31.5 Å². The fourth-order valence-corrected chi connectivity index (χ4v) is 2.73. The van der Waals surface area contributed by atoms with Crippen LogP contribution in [0.5, 0.6) is 5.75 Å². The number of hydrogen-bond donors (Lipinski definition) is 1. The summed E-state index contributed by atoms with van der Waals surface area (Å²) in [6.07, 6.45) is 4.21. The summed E-state index contributed by atoms with van der Waals surface area (Å²) in [5, 5.41) is 3.39. The van der Waals surface area contributed by atoms with Gasteiger partial charge >= 0.3 is 0 Å². The predicted octanol–water partition coefficient (Wildman–Crippen LogP) is 2.48. The SMILES string of the molecule is C=CCOc1ccc(C2NC(C)C(=O)N2CC2CC2)cc1. The summed E-state index contributed by atoms with van der Waals surface area (Å²) in [5.41, 5.74) is 1.11. The molecule has 1 saturated carbocycles. The van der Waals surface area contributed by atoms with E-state index in [1.165, 1.54) is 12.8 Å². The first-order chi connectivity index (χ1) is 10.2. The molecule has 112 valence electrons. The van der Waals surface area contributed by atoms with Gasteiger partial charge in [-0.25, -0.2) is 0 Å². The molecule has 2 aliphatic rings. The Hall–Kier alpha value is -1.81. The van der Waals surface area contributed by atoms with Crippen molar-refractivity contribution in [1.29, 1.82) is 0 Å². The zero-order valence-electron chi connectivity index (χ0n) is 12.4. The van der Waals surface area contributed by atoms with Crippen LogP contribution in [-0.4, -0.2) is 30.0 Å². The minimum Gasteiger partial charge on any atom is -0.490 e. The number of hydrogen-bond acceptors (Lipinski definition) is 3. The average Bonchev–Trinajstić information content (AvgIpc) is 3.27. The van der Waals surface area contributed by atoms with Crippen molar-refractivity contribution in [2.45, 2.75) is 32.0 Å². The van der Waals surface area contributed by atoms with Crippen molar-refractivity contribution in [2.75, 3.05) is 13.2 Å². The number of ether oxygens (including phenoxy) is 1. The maximum Gasteiger partial charge on any atom is 0.241 e. The van der Waals surface area contributed by atoms with Gasteiger partial charge in [-0.1, -0.05) is 24.8 Å². The molecule has 1 N–H and O–H groups in total. The Bertz CT molecular complexity index is 522. The first-order valence-electron chi connectivity index (χ1n) is 7.59. The van der Waals surface area contributed by atoms with E-state index in [-0.39, 0.29) is 18.1 Å². The van der Waals surface area contributed by atoms with Crippen LogP contribution in [-0.2, 0) is 4.79 Å². The van der Waals surface area contributed by atoms with Crippen molar-refractivity contribution >= 4 is 5.91 Å². The van der Waals surface area contributed by atoms with E-state index >= 15 is 0 Å². The topological polar surface area (TPSA) is 41.6 Å². The molecule has 2 atom stereocenters. The predicted molar refractivity (Wildman–Crippen MR) is 81.9 cm³/mol. The molecule has 4 heteroatoms. The van der Waals surface area contributed by atoms with Crippen LogP contribution in [0.4, 0.5) is 0 Å². The smallest absolute Gasteiger partial charge is 0.241 e. The molecule has 2 fully saturated rings. The number of carbonyl (C=O) groups is 1. The number of carbonyl (C=O) groups excluding carboxylic acids is 1. The fourth-order valence-electron chi connectivity index (χ4n) is 2.73. The summed E-state index contributed by atoms with van der Waals surface area (Å²) in [6.45, 7) is 6.95. The van der Waals surface area contributed by atoms with E-state index in [1.54, 1.807) is 6.08 Å². The largest absolute Gasteiger partial charge is 0.490 e. The molecular formula is C17H22N2O2. The van der Waals surface area contributed by atoms with Crippen molar-refractivity contribution in [2.24, 2.45) is 5.92 Å². The Balaban J connectivity index is 1.73. The average molecular weight is 286 g/mol. The Morgan fingerprint density at radius 1 is 1.38 bits per heavy atom. The summed E-state index contributed by atoms with van der Waals surface area (Å²) in [4.78, 5) is 14.3. The van der Waals surface area contributed by atoms with Gasteiger partial charge in [-0.15, -0.1) is 0 Å². The lowest BCUT2D eigenvalue weighted by Gasteiger charge is -2.24. The minimum absolute atomic E-state index is 0.0124. The highest BCUT2D eigenvalue weighted by Crippen LogP contribution is 2.35. The van der Waals surface area contributed by atoms with Crippen molar-refractivity contribution in [3.8, 4) is 5.75 Å². The summed E-state index contributed by atoms with van der Waals surface area (Å²) in [6, 6.07) is 7.85. The molecule has 0 radical (unpaired) electrons. The van der Waals surface area contributed by atoms with Gasteiger partial charge in [0.05, 0.1) is 6.04 Å². The molecule has 1 saturated heterocycles. The van der Waals surface area contributed by atoms with Crippen LogP contribution < -0.4 is 10.1 Å².